The van der Waals surface area contributed by atoms with E-state index in [0.29, 0.717) is 87.5 Å². The zero-order valence-electron chi connectivity index (χ0n) is 38.4. The SMILES string of the molecule is COC(=O)C1C[C@H](OCCOCCOCCOCCOC2c3cc4c(cc3[C@@H](c3cc(C)cc(OC)c3)CC2COC=O)OCO4)c2cc3c(cc2C1c1cc(OC)c(O)c(OC)c1)OCO3. The fraction of sp³-hybridized carbons (Fsp3) is 0.480. The molecular weight excluding hydrogens is 873 g/mol. The summed E-state index contributed by atoms with van der Waals surface area (Å²) in [5.74, 6) is 1.81. The van der Waals surface area contributed by atoms with Gasteiger partial charge in [0.05, 0.1) is 106 Å². The second-order valence-electron chi connectivity index (χ2n) is 16.5. The molecule has 4 aromatic rings. The quantitative estimate of drug-likeness (QED) is 0.0471. The number of esters is 1. The van der Waals surface area contributed by atoms with Crippen molar-refractivity contribution in [1.82, 2.24) is 0 Å². The van der Waals surface area contributed by atoms with E-state index < -0.39 is 23.9 Å². The van der Waals surface area contributed by atoms with Crippen molar-refractivity contribution in [2.45, 2.75) is 43.8 Å². The molecule has 4 unspecified atom stereocenters. The predicted octanol–water partition coefficient (Wildman–Crippen LogP) is 6.70. The molecule has 4 aromatic carbocycles. The number of carbonyl (C=O) groups is 2. The lowest BCUT2D eigenvalue weighted by Gasteiger charge is -2.38. The van der Waals surface area contributed by atoms with Crippen molar-refractivity contribution in [3.05, 3.63) is 93.5 Å². The van der Waals surface area contributed by atoms with Crippen LogP contribution in [0.4, 0.5) is 0 Å². The molecule has 67 heavy (non-hydrogen) atoms. The van der Waals surface area contributed by atoms with Crippen LogP contribution in [0, 0.1) is 18.8 Å². The highest BCUT2D eigenvalue weighted by Gasteiger charge is 2.43. The van der Waals surface area contributed by atoms with Gasteiger partial charge < -0.3 is 71.4 Å². The van der Waals surface area contributed by atoms with Gasteiger partial charge in [-0.15, -0.1) is 0 Å². The Labute approximate surface area is 389 Å². The van der Waals surface area contributed by atoms with Crippen LogP contribution in [0.5, 0.6) is 46.0 Å². The smallest absolute Gasteiger partial charge is 0.309 e. The fourth-order valence-electron chi connectivity index (χ4n) is 9.59. The van der Waals surface area contributed by atoms with Gasteiger partial charge in [-0.3, -0.25) is 9.59 Å². The van der Waals surface area contributed by atoms with Crippen molar-refractivity contribution in [2.75, 3.05) is 101 Å². The molecule has 2 aliphatic heterocycles. The molecule has 360 valence electrons. The third-order valence-electron chi connectivity index (χ3n) is 12.6. The fourth-order valence-corrected chi connectivity index (χ4v) is 9.59. The van der Waals surface area contributed by atoms with Crippen LogP contribution < -0.4 is 33.2 Å². The lowest BCUT2D eigenvalue weighted by atomic mass is 9.70. The van der Waals surface area contributed by atoms with Gasteiger partial charge in [0.1, 0.15) is 5.75 Å². The number of aromatic hydroxyl groups is 1. The molecule has 6 atom stereocenters. The van der Waals surface area contributed by atoms with Gasteiger partial charge in [-0.2, -0.15) is 0 Å². The average Bonchev–Trinajstić information content (AvgIpc) is 4.02. The van der Waals surface area contributed by atoms with Crippen LogP contribution in [0.2, 0.25) is 0 Å². The second kappa shape index (κ2) is 22.2. The number of hydrogen-bond acceptors (Lipinski definition) is 17. The number of ether oxygens (including phenoxy) is 14. The molecule has 0 spiro atoms. The van der Waals surface area contributed by atoms with Crippen molar-refractivity contribution < 1.29 is 81.0 Å². The minimum absolute atomic E-state index is 0.0199. The Balaban J connectivity index is 0.803. The first-order chi connectivity index (χ1) is 32.7. The zero-order valence-corrected chi connectivity index (χ0v) is 38.4. The van der Waals surface area contributed by atoms with Gasteiger partial charge in [0, 0.05) is 17.8 Å². The molecule has 0 amide bonds. The van der Waals surface area contributed by atoms with E-state index in [-0.39, 0.29) is 68.6 Å². The molecule has 17 nitrogen and oxygen atoms in total. The Morgan fingerprint density at radius 1 is 0.642 bits per heavy atom. The first-order valence-corrected chi connectivity index (χ1v) is 22.3. The minimum atomic E-state index is -0.650. The summed E-state index contributed by atoms with van der Waals surface area (Å²) >= 11 is 0. The standard InChI is InChI=1S/C50H58O17/c1-29-14-30(16-33(15-29)54-2)34-17-32(25-61-26-51)49(38-23-44-41(20-35(34)38)64-27-67-44)63-13-11-60-9-7-58-6-8-59-10-12-62-40-24-39(50(53)57-5)47(31-18-45(55-3)48(52)46(19-31)56-4)37-22-43-42(21-36(37)40)65-28-66-43/h14-16,18-23,26,32,34,39-40,47,49,52H,6-13,17,24-25,27-28H2,1-5H3/t32?,34-,39?,40+,47?,49?/m1/s1. The van der Waals surface area contributed by atoms with E-state index >= 15 is 0 Å². The summed E-state index contributed by atoms with van der Waals surface area (Å²) in [7, 11) is 5.92. The highest BCUT2D eigenvalue weighted by atomic mass is 16.7. The molecule has 4 aliphatic rings. The van der Waals surface area contributed by atoms with Crippen LogP contribution in [0.15, 0.2) is 54.6 Å². The zero-order chi connectivity index (χ0) is 46.9. The lowest BCUT2D eigenvalue weighted by molar-refractivity contribution is -0.148. The Morgan fingerprint density at radius 2 is 1.21 bits per heavy atom. The number of phenolic OH excluding ortho intramolecular Hbond substituents is 1. The molecule has 0 saturated carbocycles. The van der Waals surface area contributed by atoms with Crippen molar-refractivity contribution >= 4 is 12.4 Å². The van der Waals surface area contributed by atoms with Crippen LogP contribution in [0.3, 0.4) is 0 Å². The van der Waals surface area contributed by atoms with Gasteiger partial charge >= 0.3 is 5.97 Å². The van der Waals surface area contributed by atoms with Crippen molar-refractivity contribution in [3.63, 3.8) is 0 Å². The summed E-state index contributed by atoms with van der Waals surface area (Å²) < 4.78 is 80.5. The molecular formula is C50H58O17. The topological polar surface area (TPSA) is 184 Å². The predicted molar refractivity (Wildman–Crippen MR) is 238 cm³/mol. The summed E-state index contributed by atoms with van der Waals surface area (Å²) in [5, 5.41) is 10.6. The van der Waals surface area contributed by atoms with E-state index in [4.69, 9.17) is 66.3 Å². The molecule has 8 rings (SSSR count). The van der Waals surface area contributed by atoms with Crippen molar-refractivity contribution in [3.8, 4) is 46.0 Å². The van der Waals surface area contributed by atoms with Crippen LogP contribution >= 0.6 is 0 Å². The number of aryl methyl sites for hydroxylation is 1. The van der Waals surface area contributed by atoms with E-state index in [2.05, 4.69) is 6.07 Å². The van der Waals surface area contributed by atoms with E-state index in [1.807, 2.05) is 43.3 Å². The monoisotopic (exact) mass is 930 g/mol. The van der Waals surface area contributed by atoms with Crippen LogP contribution in [0.25, 0.3) is 0 Å². The average molecular weight is 931 g/mol. The maximum Gasteiger partial charge on any atom is 0.309 e. The first kappa shape index (κ1) is 47.5. The largest absolute Gasteiger partial charge is 0.502 e. The second-order valence-corrected chi connectivity index (χ2v) is 16.5. The van der Waals surface area contributed by atoms with Gasteiger partial charge in [0.15, 0.2) is 34.5 Å². The molecule has 17 heteroatoms. The van der Waals surface area contributed by atoms with Gasteiger partial charge in [-0.25, -0.2) is 0 Å². The molecule has 0 bridgehead atoms. The normalized spacial score (nSPS) is 21.0. The van der Waals surface area contributed by atoms with Crippen molar-refractivity contribution in [1.29, 1.82) is 0 Å². The summed E-state index contributed by atoms with van der Waals surface area (Å²) in [4.78, 5) is 24.8. The molecule has 0 radical (unpaired) electrons. The number of methoxy groups -OCH3 is 4. The Bertz CT molecular complexity index is 2320. The Kier molecular flexibility index (Phi) is 15.8. The third-order valence-corrected chi connectivity index (χ3v) is 12.6. The van der Waals surface area contributed by atoms with E-state index in [9.17, 15) is 14.7 Å². The highest BCUT2D eigenvalue weighted by Crippen LogP contribution is 2.54. The molecule has 0 fully saturated rings. The van der Waals surface area contributed by atoms with Crippen molar-refractivity contribution in [2.24, 2.45) is 11.8 Å². The summed E-state index contributed by atoms with van der Waals surface area (Å²) in [6.45, 7) is 5.49. The van der Waals surface area contributed by atoms with E-state index in [1.165, 1.54) is 21.3 Å². The summed E-state index contributed by atoms with van der Waals surface area (Å²) in [6.07, 6.45) is 0.118. The van der Waals surface area contributed by atoms with E-state index in [0.717, 1.165) is 39.1 Å². The third kappa shape index (κ3) is 10.6. The first-order valence-electron chi connectivity index (χ1n) is 22.3. The number of carbonyl (C=O) groups excluding carboxylic acids is 2. The molecule has 0 aromatic heterocycles. The molecule has 0 saturated heterocycles. The molecule has 2 aliphatic carbocycles. The van der Waals surface area contributed by atoms with Gasteiger partial charge in [0.25, 0.3) is 6.47 Å². The number of rotatable bonds is 23. The summed E-state index contributed by atoms with van der Waals surface area (Å²) in [6, 6.07) is 17.4. The number of benzene rings is 4. The lowest BCUT2D eigenvalue weighted by Crippen LogP contribution is -2.32. The van der Waals surface area contributed by atoms with Gasteiger partial charge in [0.2, 0.25) is 19.3 Å². The molecule has 1 N–H and O–H groups in total. The Hall–Kier alpha value is -5.98. The van der Waals surface area contributed by atoms with Gasteiger partial charge in [-0.1, -0.05) is 6.07 Å². The summed E-state index contributed by atoms with van der Waals surface area (Å²) in [5.41, 5.74) is 6.52. The minimum Gasteiger partial charge on any atom is -0.502 e. The van der Waals surface area contributed by atoms with Crippen LogP contribution in [-0.4, -0.2) is 119 Å². The number of phenols is 1. The molecule has 2 heterocycles. The van der Waals surface area contributed by atoms with E-state index in [1.54, 1.807) is 19.2 Å². The Morgan fingerprint density at radius 3 is 1.79 bits per heavy atom. The number of fused-ring (bicyclic) bond motifs is 4. The van der Waals surface area contributed by atoms with Crippen LogP contribution in [0.1, 0.15) is 75.8 Å². The maximum absolute atomic E-state index is 13.4. The highest BCUT2D eigenvalue weighted by molar-refractivity contribution is 5.76. The van der Waals surface area contributed by atoms with Gasteiger partial charge in [-0.05, 0) is 107 Å². The van der Waals surface area contributed by atoms with Crippen LogP contribution in [-0.2, 0) is 42.7 Å². The number of hydrogen-bond donors (Lipinski definition) is 1. The maximum atomic E-state index is 13.4.